The average Bonchev–Trinajstić information content (AvgIpc) is 2.86. The normalized spacial score (nSPS) is 16.8. The maximum atomic E-state index is 10.5. The topological polar surface area (TPSA) is 76.9 Å². The molecule has 1 aliphatic heterocycles. The Morgan fingerprint density at radius 1 is 1.37 bits per heavy atom. The van der Waals surface area contributed by atoms with E-state index in [4.69, 9.17) is 10.2 Å². The SMILES string of the molecule is O=C(O)CCc1csc(N2CCN(CCO)CC2)n1. The number of carbonyl (C=O) groups is 1. The molecule has 0 amide bonds. The van der Waals surface area contributed by atoms with Crippen LogP contribution in [-0.2, 0) is 11.2 Å². The lowest BCUT2D eigenvalue weighted by Crippen LogP contribution is -2.47. The van der Waals surface area contributed by atoms with E-state index in [0.717, 1.165) is 43.5 Å². The number of aryl methyl sites for hydroxylation is 1. The number of piperazine rings is 1. The van der Waals surface area contributed by atoms with Gasteiger partial charge in [0.25, 0.3) is 0 Å². The summed E-state index contributed by atoms with van der Waals surface area (Å²) in [5.41, 5.74) is 0.861. The minimum absolute atomic E-state index is 0.132. The molecule has 106 valence electrons. The molecule has 0 spiro atoms. The Labute approximate surface area is 116 Å². The van der Waals surface area contributed by atoms with Gasteiger partial charge in [-0.3, -0.25) is 9.69 Å². The summed E-state index contributed by atoms with van der Waals surface area (Å²) in [5, 5.41) is 20.5. The van der Waals surface area contributed by atoms with E-state index in [1.807, 2.05) is 5.38 Å². The summed E-state index contributed by atoms with van der Waals surface area (Å²) in [6.07, 6.45) is 0.629. The number of hydrogen-bond donors (Lipinski definition) is 2. The van der Waals surface area contributed by atoms with Crippen LogP contribution in [0.1, 0.15) is 12.1 Å². The summed E-state index contributed by atoms with van der Waals surface area (Å²) in [7, 11) is 0. The van der Waals surface area contributed by atoms with E-state index < -0.39 is 5.97 Å². The van der Waals surface area contributed by atoms with Crippen LogP contribution in [0.25, 0.3) is 0 Å². The van der Waals surface area contributed by atoms with Crippen molar-refractivity contribution in [3.05, 3.63) is 11.1 Å². The number of aromatic nitrogens is 1. The Kier molecular flexibility index (Phi) is 5.12. The summed E-state index contributed by atoms with van der Waals surface area (Å²) in [5.74, 6) is -0.785. The smallest absolute Gasteiger partial charge is 0.303 e. The third kappa shape index (κ3) is 4.15. The van der Waals surface area contributed by atoms with Gasteiger partial charge in [0.1, 0.15) is 0 Å². The molecule has 1 saturated heterocycles. The van der Waals surface area contributed by atoms with Crippen molar-refractivity contribution in [1.29, 1.82) is 0 Å². The van der Waals surface area contributed by atoms with Crippen molar-refractivity contribution in [2.75, 3.05) is 44.2 Å². The van der Waals surface area contributed by atoms with Gasteiger partial charge in [-0.25, -0.2) is 4.98 Å². The molecule has 2 N–H and O–H groups in total. The molecular formula is C12H19N3O3S. The Morgan fingerprint density at radius 2 is 2.11 bits per heavy atom. The zero-order chi connectivity index (χ0) is 13.7. The van der Waals surface area contributed by atoms with Gasteiger partial charge < -0.3 is 15.1 Å². The molecule has 2 heterocycles. The lowest BCUT2D eigenvalue weighted by atomic mass is 10.2. The van der Waals surface area contributed by atoms with Crippen molar-refractivity contribution >= 4 is 22.4 Å². The van der Waals surface area contributed by atoms with E-state index in [2.05, 4.69) is 14.8 Å². The Bertz CT molecular complexity index is 416. The van der Waals surface area contributed by atoms with Gasteiger partial charge in [0.15, 0.2) is 5.13 Å². The fourth-order valence-corrected chi connectivity index (χ4v) is 3.01. The van der Waals surface area contributed by atoms with Gasteiger partial charge in [-0.2, -0.15) is 0 Å². The molecule has 2 rings (SSSR count). The van der Waals surface area contributed by atoms with Crippen LogP contribution in [0.2, 0.25) is 0 Å². The van der Waals surface area contributed by atoms with Crippen molar-refractivity contribution < 1.29 is 15.0 Å². The second kappa shape index (κ2) is 6.83. The Hall–Kier alpha value is -1.18. The molecular weight excluding hydrogens is 266 g/mol. The molecule has 1 aliphatic rings. The number of hydrogen-bond acceptors (Lipinski definition) is 6. The molecule has 1 fully saturated rings. The van der Waals surface area contributed by atoms with Crippen LogP contribution in [0.4, 0.5) is 5.13 Å². The molecule has 0 atom stereocenters. The predicted molar refractivity (Wildman–Crippen MR) is 73.8 cm³/mol. The Balaban J connectivity index is 1.84. The number of aliphatic hydroxyl groups is 1. The minimum Gasteiger partial charge on any atom is -0.481 e. The number of thiazole rings is 1. The fourth-order valence-electron chi connectivity index (χ4n) is 2.10. The van der Waals surface area contributed by atoms with Crippen LogP contribution in [0, 0.1) is 0 Å². The highest BCUT2D eigenvalue weighted by Crippen LogP contribution is 2.22. The number of β-amino-alcohol motifs (C(OH)–C–C–N with tert-alkyl or cyclic N) is 1. The molecule has 19 heavy (non-hydrogen) atoms. The average molecular weight is 285 g/mol. The fraction of sp³-hybridized carbons (Fsp3) is 0.667. The molecule has 1 aromatic rings. The number of nitrogens with zero attached hydrogens (tertiary/aromatic N) is 3. The van der Waals surface area contributed by atoms with E-state index in [1.165, 1.54) is 0 Å². The second-order valence-electron chi connectivity index (χ2n) is 4.57. The van der Waals surface area contributed by atoms with E-state index in [-0.39, 0.29) is 13.0 Å². The van der Waals surface area contributed by atoms with E-state index >= 15 is 0 Å². The van der Waals surface area contributed by atoms with E-state index in [0.29, 0.717) is 6.42 Å². The summed E-state index contributed by atoms with van der Waals surface area (Å²) >= 11 is 1.58. The van der Waals surface area contributed by atoms with E-state index in [1.54, 1.807) is 11.3 Å². The molecule has 0 aromatic carbocycles. The number of aliphatic carboxylic acids is 1. The summed E-state index contributed by atoms with van der Waals surface area (Å²) in [6, 6.07) is 0. The molecule has 0 aliphatic carbocycles. The first kappa shape index (κ1) is 14.2. The molecule has 0 bridgehead atoms. The second-order valence-corrected chi connectivity index (χ2v) is 5.40. The van der Waals surface area contributed by atoms with Crippen LogP contribution >= 0.6 is 11.3 Å². The van der Waals surface area contributed by atoms with Crippen molar-refractivity contribution in [3.63, 3.8) is 0 Å². The Morgan fingerprint density at radius 3 is 2.74 bits per heavy atom. The van der Waals surface area contributed by atoms with Gasteiger partial charge in [-0.15, -0.1) is 11.3 Å². The molecule has 0 unspecified atom stereocenters. The summed E-state index contributed by atoms with van der Waals surface area (Å²) in [6.45, 7) is 4.62. The largest absolute Gasteiger partial charge is 0.481 e. The van der Waals surface area contributed by atoms with Gasteiger partial charge in [-0.1, -0.05) is 0 Å². The van der Waals surface area contributed by atoms with Gasteiger partial charge in [0.05, 0.1) is 18.7 Å². The van der Waals surface area contributed by atoms with Crippen LogP contribution in [-0.4, -0.2) is 65.4 Å². The van der Waals surface area contributed by atoms with Crippen LogP contribution in [0.3, 0.4) is 0 Å². The third-order valence-electron chi connectivity index (χ3n) is 3.19. The van der Waals surface area contributed by atoms with Gasteiger partial charge in [0.2, 0.25) is 0 Å². The highest BCUT2D eigenvalue weighted by atomic mass is 32.1. The van der Waals surface area contributed by atoms with Crippen molar-refractivity contribution in [3.8, 4) is 0 Å². The summed E-state index contributed by atoms with van der Waals surface area (Å²) < 4.78 is 0. The number of anilines is 1. The van der Waals surface area contributed by atoms with Gasteiger partial charge in [-0.05, 0) is 0 Å². The highest BCUT2D eigenvalue weighted by Gasteiger charge is 2.18. The molecule has 0 saturated carbocycles. The molecule has 0 radical (unpaired) electrons. The van der Waals surface area contributed by atoms with Crippen LogP contribution in [0.15, 0.2) is 5.38 Å². The lowest BCUT2D eigenvalue weighted by Gasteiger charge is -2.34. The molecule has 7 heteroatoms. The quantitative estimate of drug-likeness (QED) is 0.781. The number of carboxylic acids is 1. The monoisotopic (exact) mass is 285 g/mol. The molecule has 1 aromatic heterocycles. The standard InChI is InChI=1S/C12H19N3O3S/c16-8-7-14-3-5-15(6-4-14)12-13-10(9-19-12)1-2-11(17)18/h9,16H,1-8H2,(H,17,18). The minimum atomic E-state index is -0.785. The third-order valence-corrected chi connectivity index (χ3v) is 4.14. The number of aliphatic hydroxyl groups excluding tert-OH is 1. The van der Waals surface area contributed by atoms with Crippen molar-refractivity contribution in [2.45, 2.75) is 12.8 Å². The van der Waals surface area contributed by atoms with Crippen LogP contribution in [0.5, 0.6) is 0 Å². The zero-order valence-electron chi connectivity index (χ0n) is 10.8. The van der Waals surface area contributed by atoms with Gasteiger partial charge in [0, 0.05) is 44.5 Å². The number of carboxylic acid groups (broad SMARTS) is 1. The first-order valence-electron chi connectivity index (χ1n) is 6.43. The first-order valence-corrected chi connectivity index (χ1v) is 7.31. The van der Waals surface area contributed by atoms with Gasteiger partial charge >= 0.3 is 5.97 Å². The summed E-state index contributed by atoms with van der Waals surface area (Å²) in [4.78, 5) is 19.5. The lowest BCUT2D eigenvalue weighted by molar-refractivity contribution is -0.136. The number of rotatable bonds is 6. The maximum absolute atomic E-state index is 10.5. The molecule has 6 nitrogen and oxygen atoms in total. The highest BCUT2D eigenvalue weighted by molar-refractivity contribution is 7.13. The first-order chi connectivity index (χ1) is 9.19. The van der Waals surface area contributed by atoms with Crippen molar-refractivity contribution in [1.82, 2.24) is 9.88 Å². The van der Waals surface area contributed by atoms with Crippen molar-refractivity contribution in [2.24, 2.45) is 0 Å². The maximum Gasteiger partial charge on any atom is 0.303 e. The zero-order valence-corrected chi connectivity index (χ0v) is 11.6. The van der Waals surface area contributed by atoms with E-state index in [9.17, 15) is 4.79 Å². The predicted octanol–water partition coefficient (Wildman–Crippen LogP) is 0.275. The van der Waals surface area contributed by atoms with Crippen LogP contribution < -0.4 is 4.90 Å².